The zero-order chi connectivity index (χ0) is 16.5. The van der Waals surface area contributed by atoms with Crippen LogP contribution < -0.4 is 5.32 Å². The van der Waals surface area contributed by atoms with Gasteiger partial charge in [0.05, 0.1) is 22.3 Å². The number of halogens is 2. The van der Waals surface area contributed by atoms with Crippen molar-refractivity contribution in [3.63, 3.8) is 0 Å². The van der Waals surface area contributed by atoms with E-state index >= 15 is 0 Å². The molecular weight excluding hydrogens is 333 g/mol. The summed E-state index contributed by atoms with van der Waals surface area (Å²) in [7, 11) is 0. The van der Waals surface area contributed by atoms with Gasteiger partial charge in [0.25, 0.3) is 5.91 Å². The van der Waals surface area contributed by atoms with E-state index in [9.17, 15) is 14.4 Å². The molecule has 0 radical (unpaired) electrons. The summed E-state index contributed by atoms with van der Waals surface area (Å²) < 4.78 is 9.23. The molecular formula is C14H13Cl2NO5. The average Bonchev–Trinajstić information content (AvgIpc) is 2.47. The summed E-state index contributed by atoms with van der Waals surface area (Å²) in [5.41, 5.74) is 0.231. The van der Waals surface area contributed by atoms with Crippen molar-refractivity contribution >= 4 is 46.7 Å². The summed E-state index contributed by atoms with van der Waals surface area (Å²) in [4.78, 5) is 33.9. The number of rotatable bonds is 6. The number of para-hydroxylation sites is 1. The molecule has 0 fully saturated rings. The number of amides is 1. The summed E-state index contributed by atoms with van der Waals surface area (Å²) in [5.74, 6) is -2.15. The monoisotopic (exact) mass is 345 g/mol. The van der Waals surface area contributed by atoms with Crippen molar-refractivity contribution in [2.45, 2.75) is 6.92 Å². The lowest BCUT2D eigenvalue weighted by molar-refractivity contribution is -0.143. The molecule has 1 N–H and O–H groups in total. The molecule has 0 aliphatic rings. The summed E-state index contributed by atoms with van der Waals surface area (Å²) in [5, 5.41) is 2.94. The van der Waals surface area contributed by atoms with Crippen LogP contribution in [0.15, 0.2) is 30.4 Å². The third-order valence-electron chi connectivity index (χ3n) is 2.21. The van der Waals surface area contributed by atoms with Crippen molar-refractivity contribution in [1.29, 1.82) is 0 Å². The van der Waals surface area contributed by atoms with Crippen LogP contribution in [0.4, 0.5) is 5.69 Å². The van der Waals surface area contributed by atoms with Gasteiger partial charge in [0.1, 0.15) is 0 Å². The lowest BCUT2D eigenvalue weighted by Crippen LogP contribution is -2.20. The maximum absolute atomic E-state index is 11.6. The van der Waals surface area contributed by atoms with Gasteiger partial charge in [0.15, 0.2) is 6.61 Å². The second-order valence-corrected chi connectivity index (χ2v) is 4.65. The molecule has 0 atom stereocenters. The molecule has 0 saturated heterocycles. The molecule has 8 heteroatoms. The topological polar surface area (TPSA) is 81.7 Å². The maximum Gasteiger partial charge on any atom is 0.331 e. The lowest BCUT2D eigenvalue weighted by Gasteiger charge is -2.08. The molecule has 0 saturated carbocycles. The van der Waals surface area contributed by atoms with Gasteiger partial charge in [-0.25, -0.2) is 9.59 Å². The minimum atomic E-state index is -0.853. The molecule has 6 nitrogen and oxygen atoms in total. The number of carbonyl (C=O) groups is 3. The SMILES string of the molecule is CCOC(=O)/C=C/C(=O)OCC(=O)Nc1c(Cl)cccc1Cl. The fourth-order valence-corrected chi connectivity index (χ4v) is 1.80. The third-order valence-corrected chi connectivity index (χ3v) is 2.84. The van der Waals surface area contributed by atoms with Gasteiger partial charge in [-0.15, -0.1) is 0 Å². The Hall–Kier alpha value is -2.05. The highest BCUT2D eigenvalue weighted by Gasteiger charge is 2.11. The third kappa shape index (κ3) is 6.15. The van der Waals surface area contributed by atoms with Crippen molar-refractivity contribution in [2.75, 3.05) is 18.5 Å². The Balaban J connectivity index is 2.46. The number of benzene rings is 1. The number of hydrogen-bond acceptors (Lipinski definition) is 5. The van der Waals surface area contributed by atoms with Crippen LogP contribution in [0.1, 0.15) is 6.92 Å². The van der Waals surface area contributed by atoms with E-state index in [1.165, 1.54) is 0 Å². The molecule has 1 aromatic rings. The first-order chi connectivity index (χ1) is 10.4. The van der Waals surface area contributed by atoms with E-state index in [2.05, 4.69) is 14.8 Å². The van der Waals surface area contributed by atoms with Crippen molar-refractivity contribution in [3.8, 4) is 0 Å². The zero-order valence-corrected chi connectivity index (χ0v) is 13.1. The first-order valence-electron chi connectivity index (χ1n) is 6.19. The highest BCUT2D eigenvalue weighted by atomic mass is 35.5. The predicted molar refractivity (Wildman–Crippen MR) is 81.8 cm³/mol. The second-order valence-electron chi connectivity index (χ2n) is 3.84. The van der Waals surface area contributed by atoms with E-state index < -0.39 is 24.5 Å². The van der Waals surface area contributed by atoms with Crippen molar-refractivity contribution in [2.24, 2.45) is 0 Å². The maximum atomic E-state index is 11.6. The van der Waals surface area contributed by atoms with Crippen LogP contribution in [-0.4, -0.2) is 31.1 Å². The van der Waals surface area contributed by atoms with Crippen molar-refractivity contribution in [3.05, 3.63) is 40.4 Å². The number of nitrogens with one attached hydrogen (secondary N) is 1. The van der Waals surface area contributed by atoms with Crippen LogP contribution in [0.5, 0.6) is 0 Å². The van der Waals surface area contributed by atoms with Gasteiger partial charge in [0, 0.05) is 12.2 Å². The second kappa shape index (κ2) is 9.07. The van der Waals surface area contributed by atoms with Crippen LogP contribution >= 0.6 is 23.2 Å². The Labute approximate surface area is 137 Å². The Bertz CT molecular complexity index is 581. The quantitative estimate of drug-likeness (QED) is 0.632. The van der Waals surface area contributed by atoms with Gasteiger partial charge >= 0.3 is 11.9 Å². The molecule has 0 heterocycles. The van der Waals surface area contributed by atoms with Crippen LogP contribution in [0, 0.1) is 0 Å². The average molecular weight is 346 g/mol. The molecule has 1 aromatic carbocycles. The number of carbonyl (C=O) groups excluding carboxylic acids is 3. The van der Waals surface area contributed by atoms with E-state index in [-0.39, 0.29) is 22.3 Å². The Morgan fingerprint density at radius 1 is 1.09 bits per heavy atom. The molecule has 0 aliphatic carbocycles. The fraction of sp³-hybridized carbons (Fsp3) is 0.214. The summed E-state index contributed by atoms with van der Waals surface area (Å²) in [6, 6.07) is 4.73. The van der Waals surface area contributed by atoms with E-state index in [1.807, 2.05) is 0 Å². The van der Waals surface area contributed by atoms with Gasteiger partial charge in [0.2, 0.25) is 0 Å². The first-order valence-corrected chi connectivity index (χ1v) is 6.95. The molecule has 0 aromatic heterocycles. The van der Waals surface area contributed by atoms with Gasteiger partial charge < -0.3 is 14.8 Å². The molecule has 118 valence electrons. The normalized spacial score (nSPS) is 10.3. The summed E-state index contributed by atoms with van der Waals surface area (Å²) >= 11 is 11.8. The minimum absolute atomic E-state index is 0.194. The van der Waals surface area contributed by atoms with Crippen molar-refractivity contribution < 1.29 is 23.9 Å². The molecule has 0 spiro atoms. The smallest absolute Gasteiger partial charge is 0.331 e. The standard InChI is InChI=1S/C14H13Cl2NO5/c1-2-21-12(19)6-7-13(20)22-8-11(18)17-14-9(15)4-3-5-10(14)16/h3-7H,2,8H2,1H3,(H,17,18)/b7-6+. The predicted octanol–water partition coefficient (Wildman–Crippen LogP) is 2.59. The van der Waals surface area contributed by atoms with E-state index in [4.69, 9.17) is 23.2 Å². The van der Waals surface area contributed by atoms with E-state index in [1.54, 1.807) is 25.1 Å². The van der Waals surface area contributed by atoms with Crippen LogP contribution in [0.3, 0.4) is 0 Å². The van der Waals surface area contributed by atoms with E-state index in [0.29, 0.717) is 0 Å². The number of anilines is 1. The van der Waals surface area contributed by atoms with Crippen LogP contribution in [0.25, 0.3) is 0 Å². The van der Waals surface area contributed by atoms with Gasteiger partial charge in [-0.3, -0.25) is 4.79 Å². The fourth-order valence-electron chi connectivity index (χ4n) is 1.30. The minimum Gasteiger partial charge on any atom is -0.463 e. The van der Waals surface area contributed by atoms with Crippen LogP contribution in [0.2, 0.25) is 10.0 Å². The lowest BCUT2D eigenvalue weighted by atomic mass is 10.3. The summed E-state index contributed by atoms with van der Waals surface area (Å²) in [6.45, 7) is 1.28. The summed E-state index contributed by atoms with van der Waals surface area (Å²) in [6.07, 6.45) is 1.78. The van der Waals surface area contributed by atoms with Crippen LogP contribution in [-0.2, 0) is 23.9 Å². The molecule has 0 aliphatic heterocycles. The molecule has 0 unspecified atom stereocenters. The molecule has 1 rings (SSSR count). The number of ether oxygens (including phenoxy) is 2. The van der Waals surface area contributed by atoms with Gasteiger partial charge in [-0.2, -0.15) is 0 Å². The Morgan fingerprint density at radius 3 is 2.18 bits per heavy atom. The van der Waals surface area contributed by atoms with Gasteiger partial charge in [-0.05, 0) is 19.1 Å². The van der Waals surface area contributed by atoms with Crippen molar-refractivity contribution in [1.82, 2.24) is 0 Å². The largest absolute Gasteiger partial charge is 0.463 e. The van der Waals surface area contributed by atoms with Gasteiger partial charge in [-0.1, -0.05) is 29.3 Å². The molecule has 22 heavy (non-hydrogen) atoms. The molecule has 1 amide bonds. The molecule has 0 bridgehead atoms. The number of hydrogen-bond donors (Lipinski definition) is 1. The Morgan fingerprint density at radius 2 is 1.64 bits per heavy atom. The first kappa shape index (κ1) is 18.0. The van der Waals surface area contributed by atoms with E-state index in [0.717, 1.165) is 12.2 Å². The Kier molecular flexibility index (Phi) is 7.42. The highest BCUT2D eigenvalue weighted by Crippen LogP contribution is 2.29. The zero-order valence-electron chi connectivity index (χ0n) is 11.6. The number of esters is 2. The highest BCUT2D eigenvalue weighted by molar-refractivity contribution is 6.39.